The molecule has 1 heterocycles. The van der Waals surface area contributed by atoms with Crippen molar-refractivity contribution in [3.63, 3.8) is 0 Å². The van der Waals surface area contributed by atoms with Crippen molar-refractivity contribution in [2.45, 2.75) is 13.0 Å². The Hall–Kier alpha value is -1.26. The number of hydrogen-bond donors (Lipinski definition) is 2. The number of nitrogens with zero attached hydrogens (tertiary/aromatic N) is 3. The summed E-state index contributed by atoms with van der Waals surface area (Å²) in [6.45, 7) is 7.24. The van der Waals surface area contributed by atoms with Crippen LogP contribution in [0.25, 0.3) is 0 Å². The Morgan fingerprint density at radius 2 is 1.85 bits per heavy atom. The summed E-state index contributed by atoms with van der Waals surface area (Å²) in [7, 11) is 7.28. The minimum atomic E-state index is 0. The first-order valence-corrected chi connectivity index (χ1v) is 9.22. The number of ether oxygens (including phenoxy) is 2. The molecular formula is C19H34IN5O2. The third kappa shape index (κ3) is 8.10. The lowest BCUT2D eigenvalue weighted by Gasteiger charge is -2.21. The lowest BCUT2D eigenvalue weighted by Crippen LogP contribution is -2.42. The molecule has 0 atom stereocenters. The van der Waals surface area contributed by atoms with Gasteiger partial charge in [-0.2, -0.15) is 0 Å². The van der Waals surface area contributed by atoms with E-state index in [0.29, 0.717) is 6.54 Å². The number of hydrogen-bond acceptors (Lipinski definition) is 5. The molecule has 1 aliphatic rings. The van der Waals surface area contributed by atoms with Crippen LogP contribution in [0.2, 0.25) is 0 Å². The molecule has 0 spiro atoms. The fourth-order valence-electron chi connectivity index (χ4n) is 3.05. The summed E-state index contributed by atoms with van der Waals surface area (Å²) in [5, 5.41) is 6.74. The maximum atomic E-state index is 5.35. The smallest absolute Gasteiger partial charge is 0.191 e. The van der Waals surface area contributed by atoms with Crippen LogP contribution < -0.4 is 20.1 Å². The van der Waals surface area contributed by atoms with Gasteiger partial charge in [0, 0.05) is 39.8 Å². The fourth-order valence-corrected chi connectivity index (χ4v) is 3.05. The van der Waals surface area contributed by atoms with Crippen molar-refractivity contribution in [3.8, 4) is 11.5 Å². The van der Waals surface area contributed by atoms with Gasteiger partial charge >= 0.3 is 0 Å². The Morgan fingerprint density at radius 3 is 2.56 bits per heavy atom. The van der Waals surface area contributed by atoms with Crippen LogP contribution in [0.15, 0.2) is 23.2 Å². The average Bonchev–Trinajstić information content (AvgIpc) is 2.88. The molecule has 154 valence electrons. The molecule has 8 heteroatoms. The number of halogens is 1. The molecule has 0 radical (unpaired) electrons. The first kappa shape index (κ1) is 23.8. The standard InChI is InChI=1S/C19H33N5O2.HI/c1-20-19(21-8-11-24-10-5-9-23(2)12-13-24)22-15-16-6-7-17(25-3)18(14-16)26-4;/h6-7,14H,5,8-13,15H2,1-4H3,(H2,20,21,22);1H. The van der Waals surface area contributed by atoms with Gasteiger partial charge in [0.2, 0.25) is 0 Å². The highest BCUT2D eigenvalue weighted by atomic mass is 127. The van der Waals surface area contributed by atoms with Gasteiger partial charge in [-0.05, 0) is 44.3 Å². The van der Waals surface area contributed by atoms with E-state index >= 15 is 0 Å². The molecule has 1 fully saturated rings. The van der Waals surface area contributed by atoms with E-state index in [-0.39, 0.29) is 24.0 Å². The lowest BCUT2D eigenvalue weighted by atomic mass is 10.2. The zero-order valence-electron chi connectivity index (χ0n) is 17.0. The van der Waals surface area contributed by atoms with Crippen LogP contribution in [0.1, 0.15) is 12.0 Å². The van der Waals surface area contributed by atoms with Gasteiger partial charge < -0.3 is 29.9 Å². The number of rotatable bonds is 7. The number of benzene rings is 1. The summed E-state index contributed by atoms with van der Waals surface area (Å²) < 4.78 is 10.6. The molecule has 0 aliphatic carbocycles. The van der Waals surface area contributed by atoms with Crippen LogP contribution in [0.5, 0.6) is 11.5 Å². The highest BCUT2D eigenvalue weighted by Crippen LogP contribution is 2.27. The maximum Gasteiger partial charge on any atom is 0.191 e. The summed E-state index contributed by atoms with van der Waals surface area (Å²) in [6, 6.07) is 5.92. The Bertz CT molecular complexity index is 585. The van der Waals surface area contributed by atoms with E-state index in [1.54, 1.807) is 21.3 Å². The SMILES string of the molecule is CN=C(NCCN1CCCN(C)CC1)NCc1ccc(OC)c(OC)c1.I. The molecule has 1 saturated heterocycles. The molecule has 1 aliphatic heterocycles. The molecular weight excluding hydrogens is 457 g/mol. The van der Waals surface area contributed by atoms with Gasteiger partial charge in [-0.3, -0.25) is 4.99 Å². The van der Waals surface area contributed by atoms with Gasteiger partial charge in [0.25, 0.3) is 0 Å². The van der Waals surface area contributed by atoms with E-state index in [4.69, 9.17) is 9.47 Å². The van der Waals surface area contributed by atoms with Crippen molar-refractivity contribution in [3.05, 3.63) is 23.8 Å². The van der Waals surface area contributed by atoms with Crippen LogP contribution in [-0.4, -0.2) is 83.3 Å². The van der Waals surface area contributed by atoms with Crippen molar-refractivity contribution < 1.29 is 9.47 Å². The second kappa shape index (κ2) is 13.0. The van der Waals surface area contributed by atoms with E-state index < -0.39 is 0 Å². The van der Waals surface area contributed by atoms with Crippen molar-refractivity contribution in [2.75, 3.05) is 67.6 Å². The quantitative estimate of drug-likeness (QED) is 0.344. The van der Waals surface area contributed by atoms with Crippen molar-refractivity contribution in [1.82, 2.24) is 20.4 Å². The van der Waals surface area contributed by atoms with Crippen molar-refractivity contribution in [1.29, 1.82) is 0 Å². The molecule has 1 aromatic rings. The fraction of sp³-hybridized carbons (Fsp3) is 0.632. The molecule has 7 nitrogen and oxygen atoms in total. The minimum Gasteiger partial charge on any atom is -0.493 e. The monoisotopic (exact) mass is 491 g/mol. The molecule has 0 unspecified atom stereocenters. The molecule has 0 saturated carbocycles. The third-order valence-corrected chi connectivity index (χ3v) is 4.66. The van der Waals surface area contributed by atoms with Crippen LogP contribution in [0.4, 0.5) is 0 Å². The van der Waals surface area contributed by atoms with Crippen LogP contribution in [0, 0.1) is 0 Å². The first-order valence-electron chi connectivity index (χ1n) is 9.22. The predicted molar refractivity (Wildman–Crippen MR) is 122 cm³/mol. The van der Waals surface area contributed by atoms with E-state index in [9.17, 15) is 0 Å². The van der Waals surface area contributed by atoms with Crippen molar-refractivity contribution >= 4 is 29.9 Å². The highest BCUT2D eigenvalue weighted by Gasteiger charge is 2.11. The highest BCUT2D eigenvalue weighted by molar-refractivity contribution is 14.0. The zero-order chi connectivity index (χ0) is 18.8. The number of likely N-dealkylation sites (N-methyl/N-ethyl adjacent to an activating group) is 1. The van der Waals surface area contributed by atoms with Gasteiger partial charge in [-0.15, -0.1) is 24.0 Å². The molecule has 2 N–H and O–H groups in total. The van der Waals surface area contributed by atoms with Gasteiger partial charge in [0.15, 0.2) is 17.5 Å². The summed E-state index contributed by atoms with van der Waals surface area (Å²) >= 11 is 0. The van der Waals surface area contributed by atoms with Gasteiger partial charge in [-0.25, -0.2) is 0 Å². The largest absolute Gasteiger partial charge is 0.493 e. The zero-order valence-corrected chi connectivity index (χ0v) is 19.3. The molecule has 2 rings (SSSR count). The summed E-state index contributed by atoms with van der Waals surface area (Å²) in [4.78, 5) is 9.22. The third-order valence-electron chi connectivity index (χ3n) is 4.66. The summed E-state index contributed by atoms with van der Waals surface area (Å²) in [5.74, 6) is 2.29. The Labute approximate surface area is 180 Å². The van der Waals surface area contributed by atoms with Crippen LogP contribution in [-0.2, 0) is 6.54 Å². The van der Waals surface area contributed by atoms with E-state index in [2.05, 4.69) is 32.5 Å². The second-order valence-corrected chi connectivity index (χ2v) is 6.54. The van der Waals surface area contributed by atoms with Gasteiger partial charge in [0.1, 0.15) is 0 Å². The molecule has 27 heavy (non-hydrogen) atoms. The second-order valence-electron chi connectivity index (χ2n) is 6.54. The van der Waals surface area contributed by atoms with E-state index in [1.807, 2.05) is 18.2 Å². The normalized spacial score (nSPS) is 16.2. The van der Waals surface area contributed by atoms with Crippen LogP contribution in [0.3, 0.4) is 0 Å². The van der Waals surface area contributed by atoms with Gasteiger partial charge in [0.05, 0.1) is 14.2 Å². The Kier molecular flexibility index (Phi) is 11.5. The molecule has 0 aromatic heterocycles. The minimum absolute atomic E-state index is 0. The van der Waals surface area contributed by atoms with E-state index in [1.165, 1.54) is 19.5 Å². The lowest BCUT2D eigenvalue weighted by molar-refractivity contribution is 0.280. The number of guanidine groups is 1. The number of nitrogens with one attached hydrogen (secondary N) is 2. The van der Waals surface area contributed by atoms with E-state index in [0.717, 1.165) is 49.2 Å². The molecule has 0 bridgehead atoms. The molecule has 0 amide bonds. The first-order chi connectivity index (χ1) is 12.7. The number of methoxy groups -OCH3 is 2. The molecule has 1 aromatic carbocycles. The Balaban J connectivity index is 0.00000364. The number of aliphatic imine (C=N–C) groups is 1. The topological polar surface area (TPSA) is 61.4 Å². The predicted octanol–water partition coefficient (Wildman–Crippen LogP) is 1.62. The maximum absolute atomic E-state index is 5.35. The van der Waals surface area contributed by atoms with Gasteiger partial charge in [-0.1, -0.05) is 6.07 Å². The summed E-state index contributed by atoms with van der Waals surface area (Å²) in [6.07, 6.45) is 1.24. The average molecular weight is 491 g/mol. The Morgan fingerprint density at radius 1 is 1.07 bits per heavy atom. The summed E-state index contributed by atoms with van der Waals surface area (Å²) in [5.41, 5.74) is 1.11. The van der Waals surface area contributed by atoms with Crippen LogP contribution >= 0.6 is 24.0 Å². The van der Waals surface area contributed by atoms with Crippen molar-refractivity contribution in [2.24, 2.45) is 4.99 Å².